The van der Waals surface area contributed by atoms with Crippen LogP contribution >= 0.6 is 0 Å². The van der Waals surface area contributed by atoms with Crippen molar-refractivity contribution in [2.75, 3.05) is 13.2 Å². The van der Waals surface area contributed by atoms with Crippen molar-refractivity contribution >= 4 is 17.9 Å². The molecule has 0 aromatic heterocycles. The van der Waals surface area contributed by atoms with Crippen LogP contribution in [0, 0.1) is 0 Å². The molecular weight excluding hydrogens is 937 g/mol. The molecule has 1 atom stereocenters. The third-order valence-electron chi connectivity index (χ3n) is 13.5. The van der Waals surface area contributed by atoms with Crippen LogP contribution in [0.5, 0.6) is 0 Å². The fourth-order valence-electron chi connectivity index (χ4n) is 8.82. The van der Waals surface area contributed by atoms with E-state index in [4.69, 9.17) is 14.2 Å². The molecule has 0 amide bonds. The average molecular weight is 1060 g/mol. The van der Waals surface area contributed by atoms with E-state index < -0.39 is 6.10 Å². The van der Waals surface area contributed by atoms with Crippen LogP contribution in [0.3, 0.4) is 0 Å². The normalized spacial score (nSPS) is 12.8. The Hall–Kier alpha value is -3.93. The number of carbonyl (C=O) groups excluding carboxylic acids is 3. The number of carbonyl (C=O) groups is 3. The van der Waals surface area contributed by atoms with Gasteiger partial charge >= 0.3 is 17.9 Å². The second-order valence-corrected chi connectivity index (χ2v) is 20.9. The molecule has 1 unspecified atom stereocenters. The summed E-state index contributed by atoms with van der Waals surface area (Å²) in [7, 11) is 0. The van der Waals surface area contributed by atoms with Crippen LogP contribution in [-0.4, -0.2) is 37.2 Å². The van der Waals surface area contributed by atoms with Crippen molar-refractivity contribution in [2.45, 2.75) is 303 Å². The summed E-state index contributed by atoms with van der Waals surface area (Å²) < 4.78 is 16.8. The van der Waals surface area contributed by atoms with Crippen molar-refractivity contribution in [1.82, 2.24) is 0 Å². The van der Waals surface area contributed by atoms with Crippen molar-refractivity contribution in [1.29, 1.82) is 0 Å². The van der Waals surface area contributed by atoms with Gasteiger partial charge in [0.15, 0.2) is 6.10 Å². The van der Waals surface area contributed by atoms with Crippen LogP contribution in [0.25, 0.3) is 0 Å². The molecule has 6 nitrogen and oxygen atoms in total. The standard InChI is InChI=1S/C70H118O6/c1-4-7-10-13-16-19-22-25-28-30-31-32-33-34-35-36-37-38-40-42-45-48-51-54-57-60-63-69(72)75-66-67(65-74-68(71)62-59-56-53-50-47-44-41-27-24-21-18-15-12-9-6-3)76-70(73)64-61-58-55-52-49-46-43-39-29-26-23-20-17-14-11-8-5-2/h8-9,11-12,17-18,20-21,26-27,29,41,43,46-47,50,52,55,67H,4-7,10,13-16,19,22-25,28,30-40,42,44-45,48-49,51,53-54,56-66H2,1-3H3/b11-8-,12-9-,20-17-,21-18-,29-26-,41-27-,46-43-,50-47-,55-52-. The zero-order chi connectivity index (χ0) is 55.0. The third kappa shape index (κ3) is 60.9. The second-order valence-electron chi connectivity index (χ2n) is 20.9. The van der Waals surface area contributed by atoms with Gasteiger partial charge in [-0.15, -0.1) is 0 Å². The molecule has 0 aliphatic carbocycles. The fourth-order valence-corrected chi connectivity index (χ4v) is 8.82. The van der Waals surface area contributed by atoms with E-state index in [0.717, 1.165) is 96.3 Å². The highest BCUT2D eigenvalue weighted by atomic mass is 16.6. The maximum atomic E-state index is 12.9. The van der Waals surface area contributed by atoms with Crippen molar-refractivity contribution < 1.29 is 28.6 Å². The Morgan fingerprint density at radius 2 is 0.526 bits per heavy atom. The van der Waals surface area contributed by atoms with Crippen molar-refractivity contribution in [2.24, 2.45) is 0 Å². The molecule has 0 rings (SSSR count). The zero-order valence-corrected chi connectivity index (χ0v) is 49.7. The van der Waals surface area contributed by atoms with E-state index in [1.165, 1.54) is 148 Å². The van der Waals surface area contributed by atoms with Crippen LogP contribution in [-0.2, 0) is 28.6 Å². The molecule has 0 fully saturated rings. The summed E-state index contributed by atoms with van der Waals surface area (Å²) in [5.74, 6) is -1.01. The van der Waals surface area contributed by atoms with Crippen molar-refractivity contribution in [3.8, 4) is 0 Å². The van der Waals surface area contributed by atoms with Gasteiger partial charge in [0, 0.05) is 19.3 Å². The predicted molar refractivity (Wildman–Crippen MR) is 330 cm³/mol. The predicted octanol–water partition coefficient (Wildman–Crippen LogP) is 21.8. The molecule has 0 aromatic rings. The highest BCUT2D eigenvalue weighted by molar-refractivity contribution is 5.71. The van der Waals surface area contributed by atoms with Gasteiger partial charge in [-0.25, -0.2) is 0 Å². The van der Waals surface area contributed by atoms with E-state index in [1.807, 2.05) is 0 Å². The monoisotopic (exact) mass is 1050 g/mol. The molecule has 0 heterocycles. The first-order valence-electron chi connectivity index (χ1n) is 31.9. The first-order valence-corrected chi connectivity index (χ1v) is 31.9. The lowest BCUT2D eigenvalue weighted by Gasteiger charge is -2.18. The fraction of sp³-hybridized carbons (Fsp3) is 0.700. The summed E-state index contributed by atoms with van der Waals surface area (Å²) >= 11 is 0. The molecule has 0 bridgehead atoms. The summed E-state index contributed by atoms with van der Waals surface area (Å²) in [5.41, 5.74) is 0. The molecule has 0 saturated heterocycles. The van der Waals surface area contributed by atoms with Crippen LogP contribution in [0.4, 0.5) is 0 Å². The Kier molecular flexibility index (Phi) is 60.3. The van der Waals surface area contributed by atoms with E-state index in [-0.39, 0.29) is 37.5 Å². The number of unbranched alkanes of at least 4 members (excludes halogenated alkanes) is 28. The minimum Gasteiger partial charge on any atom is -0.462 e. The van der Waals surface area contributed by atoms with Gasteiger partial charge in [-0.3, -0.25) is 14.4 Å². The second kappa shape index (κ2) is 63.6. The van der Waals surface area contributed by atoms with Crippen LogP contribution in [0.15, 0.2) is 109 Å². The highest BCUT2D eigenvalue weighted by Crippen LogP contribution is 2.17. The number of allylic oxidation sites excluding steroid dienone is 18. The molecular formula is C70H118O6. The lowest BCUT2D eigenvalue weighted by Crippen LogP contribution is -2.30. The molecule has 76 heavy (non-hydrogen) atoms. The minimum atomic E-state index is -0.826. The number of rotatable bonds is 57. The van der Waals surface area contributed by atoms with E-state index in [1.54, 1.807) is 0 Å². The van der Waals surface area contributed by atoms with Gasteiger partial charge in [-0.2, -0.15) is 0 Å². The minimum absolute atomic E-state index is 0.113. The highest BCUT2D eigenvalue weighted by Gasteiger charge is 2.19. The zero-order valence-electron chi connectivity index (χ0n) is 49.7. The summed E-state index contributed by atoms with van der Waals surface area (Å²) in [6, 6.07) is 0. The van der Waals surface area contributed by atoms with Gasteiger partial charge in [-0.05, 0) is 96.3 Å². The topological polar surface area (TPSA) is 78.9 Å². The molecule has 0 radical (unpaired) electrons. The number of esters is 3. The van der Waals surface area contributed by atoms with Gasteiger partial charge in [0.1, 0.15) is 13.2 Å². The summed E-state index contributed by atoms with van der Waals surface area (Å²) in [6.45, 7) is 6.35. The molecule has 0 saturated carbocycles. The Labute approximate surface area is 470 Å². The molecule has 0 spiro atoms. The van der Waals surface area contributed by atoms with Gasteiger partial charge in [0.25, 0.3) is 0 Å². The molecule has 0 N–H and O–H groups in total. The number of ether oxygens (including phenoxy) is 3. The number of hydrogen-bond acceptors (Lipinski definition) is 6. The van der Waals surface area contributed by atoms with Gasteiger partial charge < -0.3 is 14.2 Å². The lowest BCUT2D eigenvalue weighted by atomic mass is 10.0. The van der Waals surface area contributed by atoms with Gasteiger partial charge in [0.2, 0.25) is 0 Å². The van der Waals surface area contributed by atoms with Crippen LogP contribution < -0.4 is 0 Å². The van der Waals surface area contributed by atoms with Crippen molar-refractivity contribution in [3.05, 3.63) is 109 Å². The maximum absolute atomic E-state index is 12.9. The molecule has 0 aliphatic heterocycles. The lowest BCUT2D eigenvalue weighted by molar-refractivity contribution is -0.167. The van der Waals surface area contributed by atoms with Crippen LogP contribution in [0.2, 0.25) is 0 Å². The maximum Gasteiger partial charge on any atom is 0.306 e. The van der Waals surface area contributed by atoms with E-state index >= 15 is 0 Å². The van der Waals surface area contributed by atoms with E-state index in [2.05, 4.69) is 130 Å². The van der Waals surface area contributed by atoms with Crippen LogP contribution in [0.1, 0.15) is 297 Å². The van der Waals surface area contributed by atoms with Gasteiger partial charge in [-0.1, -0.05) is 291 Å². The third-order valence-corrected chi connectivity index (χ3v) is 13.5. The van der Waals surface area contributed by atoms with Crippen molar-refractivity contribution in [3.63, 3.8) is 0 Å². The Morgan fingerprint density at radius 1 is 0.276 bits per heavy atom. The summed E-state index contributed by atoms with van der Waals surface area (Å²) in [4.78, 5) is 38.2. The Bertz CT molecular complexity index is 1540. The molecule has 0 aromatic carbocycles. The first-order chi connectivity index (χ1) is 37.5. The summed E-state index contributed by atoms with van der Waals surface area (Å²) in [6.07, 6.45) is 86.9. The Balaban J connectivity index is 4.37. The quantitative estimate of drug-likeness (QED) is 0.0261. The number of hydrogen-bond donors (Lipinski definition) is 0. The molecule has 6 heteroatoms. The van der Waals surface area contributed by atoms with E-state index in [0.29, 0.717) is 25.7 Å². The SMILES string of the molecule is CC/C=C\C/C=C\C/C=C\C/C=C\C/C=C\CCCC(=O)OC(COC(=O)CCCC/C=C\C/C=C\C/C=C\C/C=C\CC)COC(=O)CCCCCCCCCCCCCCCCCCCCCCCCCCCC. The van der Waals surface area contributed by atoms with E-state index in [9.17, 15) is 14.4 Å². The smallest absolute Gasteiger partial charge is 0.306 e. The van der Waals surface area contributed by atoms with Gasteiger partial charge in [0.05, 0.1) is 0 Å². The molecule has 0 aliphatic rings. The Morgan fingerprint density at radius 3 is 0.842 bits per heavy atom. The average Bonchev–Trinajstić information content (AvgIpc) is 3.42. The largest absolute Gasteiger partial charge is 0.462 e. The first kappa shape index (κ1) is 72.1. The molecule has 434 valence electrons. The summed E-state index contributed by atoms with van der Waals surface area (Å²) in [5, 5.41) is 0.